The normalized spacial score (nSPS) is 12.2. The van der Waals surface area contributed by atoms with E-state index in [0.29, 0.717) is 22.9 Å². The fraction of sp³-hybridized carbons (Fsp3) is 0.297. The van der Waals surface area contributed by atoms with E-state index in [9.17, 15) is 45.8 Å². The van der Waals surface area contributed by atoms with Crippen molar-refractivity contribution in [3.05, 3.63) is 111 Å². The summed E-state index contributed by atoms with van der Waals surface area (Å²) in [6, 6.07) is 13.9. The molecule has 276 valence electrons. The average molecular weight is 732 g/mol. The third kappa shape index (κ3) is 9.46. The smallest absolute Gasteiger partial charge is 0.420 e. The molecule has 1 aromatic heterocycles. The second-order valence-corrected chi connectivity index (χ2v) is 12.1. The molecule has 0 aliphatic carbocycles. The number of methoxy groups -OCH3 is 1. The van der Waals surface area contributed by atoms with Crippen LogP contribution in [-0.4, -0.2) is 54.0 Å². The van der Waals surface area contributed by atoms with Crippen molar-refractivity contribution in [3.8, 4) is 17.0 Å². The molecule has 0 bridgehead atoms. The summed E-state index contributed by atoms with van der Waals surface area (Å²) in [7, 11) is 4.07. The van der Waals surface area contributed by atoms with Gasteiger partial charge in [0.2, 0.25) is 0 Å². The number of anilines is 1. The van der Waals surface area contributed by atoms with Gasteiger partial charge in [-0.3, -0.25) is 14.6 Å². The maximum absolute atomic E-state index is 13.8. The largest absolute Gasteiger partial charge is 0.465 e. The molecule has 0 spiro atoms. The number of aromatic nitrogens is 1. The van der Waals surface area contributed by atoms with Gasteiger partial charge in [-0.15, -0.1) is 0 Å². The molecule has 4 aromatic rings. The van der Waals surface area contributed by atoms with Gasteiger partial charge in [-0.05, 0) is 80.3 Å². The van der Waals surface area contributed by atoms with Crippen molar-refractivity contribution < 1.29 is 55.3 Å². The zero-order chi connectivity index (χ0) is 38.5. The van der Waals surface area contributed by atoms with Crippen LogP contribution in [0.25, 0.3) is 11.3 Å². The van der Waals surface area contributed by atoms with Gasteiger partial charge in [0.1, 0.15) is 5.75 Å². The molecule has 52 heavy (non-hydrogen) atoms. The minimum atomic E-state index is -4.93. The Hall–Kier alpha value is -5.44. The highest BCUT2D eigenvalue weighted by Crippen LogP contribution is 2.40. The Kier molecular flexibility index (Phi) is 12.0. The number of aliphatic hydroxyl groups excluding tert-OH is 1. The Labute approximate surface area is 295 Å². The first-order valence-corrected chi connectivity index (χ1v) is 15.7. The van der Waals surface area contributed by atoms with Crippen molar-refractivity contribution in [2.24, 2.45) is 0 Å². The molecule has 0 fully saturated rings. The van der Waals surface area contributed by atoms with Gasteiger partial charge >= 0.3 is 24.3 Å². The van der Waals surface area contributed by atoms with E-state index in [1.54, 1.807) is 31.2 Å². The number of nitrogens with one attached hydrogen (secondary N) is 1. The molecule has 3 aromatic carbocycles. The van der Waals surface area contributed by atoms with Crippen LogP contribution in [0.15, 0.2) is 66.7 Å². The van der Waals surface area contributed by atoms with Crippen molar-refractivity contribution in [2.45, 2.75) is 51.7 Å². The summed E-state index contributed by atoms with van der Waals surface area (Å²) < 4.78 is 90.5. The molecule has 15 heteroatoms. The predicted octanol–water partition coefficient (Wildman–Crippen LogP) is 7.92. The van der Waals surface area contributed by atoms with E-state index in [-0.39, 0.29) is 52.9 Å². The topological polar surface area (TPSA) is 118 Å². The first-order valence-electron chi connectivity index (χ1n) is 15.7. The van der Waals surface area contributed by atoms with E-state index in [1.165, 1.54) is 44.1 Å². The molecular formula is C37H35F6N3O6. The zero-order valence-corrected chi connectivity index (χ0v) is 28.7. The Balaban J connectivity index is 1.52. The van der Waals surface area contributed by atoms with Gasteiger partial charge in [0.25, 0.3) is 5.91 Å². The van der Waals surface area contributed by atoms with E-state index in [4.69, 9.17) is 4.74 Å². The number of esters is 2. The summed E-state index contributed by atoms with van der Waals surface area (Å²) in [5.41, 5.74) is -0.273. The Morgan fingerprint density at radius 2 is 1.58 bits per heavy atom. The van der Waals surface area contributed by atoms with Gasteiger partial charge in [0, 0.05) is 43.0 Å². The van der Waals surface area contributed by atoms with Crippen LogP contribution in [0.1, 0.15) is 73.3 Å². The van der Waals surface area contributed by atoms with E-state index < -0.39 is 53.3 Å². The number of benzene rings is 3. The molecule has 1 heterocycles. The highest BCUT2D eigenvalue weighted by molar-refractivity contribution is 5.99. The van der Waals surface area contributed by atoms with Crippen LogP contribution < -0.4 is 10.1 Å². The fourth-order valence-corrected chi connectivity index (χ4v) is 5.31. The number of aryl methyl sites for hydroxylation is 3. The van der Waals surface area contributed by atoms with Crippen molar-refractivity contribution in [1.82, 2.24) is 9.88 Å². The number of aliphatic hydroxyl groups is 1. The van der Waals surface area contributed by atoms with E-state index in [2.05, 4.69) is 15.0 Å². The molecule has 0 aliphatic rings. The first-order chi connectivity index (χ1) is 24.3. The minimum Gasteiger partial charge on any atom is -0.465 e. The molecule has 1 unspecified atom stereocenters. The standard InChI is InChI=1S/C37H35F6N3O6/c1-20-17-24(35(50)51-5)19-28(37(41,42)43)32(20)52-30(47)8-6-7-22-10-16-29(27(18-22)34(49)46(3)4)45-33(48)26-15-9-21(2)44-31(26)23-11-13-25(14-12-23)36(38,39)40/h9-19,33,45,48H,6-8H2,1-5H3. The number of carbonyl (C=O) groups is 3. The molecule has 1 atom stereocenters. The minimum absolute atomic E-state index is 0.0893. The van der Waals surface area contributed by atoms with Crippen LogP contribution in [0.4, 0.5) is 32.0 Å². The van der Waals surface area contributed by atoms with Gasteiger partial charge in [-0.1, -0.05) is 24.3 Å². The average Bonchev–Trinajstić information content (AvgIpc) is 3.07. The highest BCUT2D eigenvalue weighted by Gasteiger charge is 2.37. The number of hydrogen-bond donors (Lipinski definition) is 2. The van der Waals surface area contributed by atoms with Crippen molar-refractivity contribution >= 4 is 23.5 Å². The second kappa shape index (κ2) is 15.8. The Morgan fingerprint density at radius 3 is 2.17 bits per heavy atom. The van der Waals surface area contributed by atoms with Gasteiger partial charge < -0.3 is 24.8 Å². The number of rotatable bonds is 11. The lowest BCUT2D eigenvalue weighted by Gasteiger charge is -2.22. The van der Waals surface area contributed by atoms with Gasteiger partial charge in [0.05, 0.1) is 35.1 Å². The van der Waals surface area contributed by atoms with E-state index >= 15 is 0 Å². The summed E-state index contributed by atoms with van der Waals surface area (Å²) in [5, 5.41) is 14.2. The van der Waals surface area contributed by atoms with Crippen LogP contribution in [0.5, 0.6) is 5.75 Å². The van der Waals surface area contributed by atoms with Gasteiger partial charge in [-0.25, -0.2) is 4.79 Å². The number of hydrogen-bond acceptors (Lipinski definition) is 8. The summed E-state index contributed by atoms with van der Waals surface area (Å²) >= 11 is 0. The molecule has 2 N–H and O–H groups in total. The van der Waals surface area contributed by atoms with E-state index in [0.717, 1.165) is 25.3 Å². The molecule has 1 amide bonds. The lowest BCUT2D eigenvalue weighted by molar-refractivity contribution is -0.142. The third-order valence-electron chi connectivity index (χ3n) is 7.92. The third-order valence-corrected chi connectivity index (χ3v) is 7.92. The van der Waals surface area contributed by atoms with Crippen molar-refractivity contribution in [3.63, 3.8) is 0 Å². The van der Waals surface area contributed by atoms with Crippen LogP contribution in [-0.2, 0) is 28.3 Å². The number of ether oxygens (including phenoxy) is 2. The summed E-state index contributed by atoms with van der Waals surface area (Å²) in [6.45, 7) is 2.96. The quantitative estimate of drug-likeness (QED) is 0.0692. The number of alkyl halides is 6. The van der Waals surface area contributed by atoms with Gasteiger partial charge in [0.15, 0.2) is 6.23 Å². The van der Waals surface area contributed by atoms with Crippen molar-refractivity contribution in [2.75, 3.05) is 26.5 Å². The summed E-state index contributed by atoms with van der Waals surface area (Å²) in [4.78, 5) is 43.4. The van der Waals surface area contributed by atoms with Crippen LogP contribution in [0.2, 0.25) is 0 Å². The van der Waals surface area contributed by atoms with Gasteiger partial charge in [-0.2, -0.15) is 26.3 Å². The number of carbonyl (C=O) groups excluding carboxylic acids is 3. The van der Waals surface area contributed by atoms with Crippen LogP contribution in [0.3, 0.4) is 0 Å². The molecule has 0 radical (unpaired) electrons. The number of halogens is 6. The predicted molar refractivity (Wildman–Crippen MR) is 179 cm³/mol. The first kappa shape index (κ1) is 39.3. The SMILES string of the molecule is COC(=O)c1cc(C)c(OC(=O)CCCc2ccc(NC(O)c3ccc(C)nc3-c3ccc(C(F)(F)F)cc3)c(C(=O)N(C)C)c2)c(C(F)(F)F)c1. The maximum Gasteiger partial charge on any atom is 0.420 e. The van der Waals surface area contributed by atoms with Crippen LogP contribution in [0, 0.1) is 13.8 Å². The maximum atomic E-state index is 13.8. The monoisotopic (exact) mass is 731 g/mol. The molecular weight excluding hydrogens is 696 g/mol. The fourth-order valence-electron chi connectivity index (χ4n) is 5.31. The summed E-state index contributed by atoms with van der Waals surface area (Å²) in [5.74, 6) is -3.08. The highest BCUT2D eigenvalue weighted by atomic mass is 19.4. The molecule has 0 aliphatic heterocycles. The zero-order valence-electron chi connectivity index (χ0n) is 28.7. The van der Waals surface area contributed by atoms with Crippen LogP contribution >= 0.6 is 0 Å². The number of nitrogens with zero attached hydrogens (tertiary/aromatic N) is 2. The lowest BCUT2D eigenvalue weighted by Crippen LogP contribution is -2.24. The molecule has 4 rings (SSSR count). The number of pyridine rings is 1. The van der Waals surface area contributed by atoms with Crippen molar-refractivity contribution in [1.29, 1.82) is 0 Å². The van der Waals surface area contributed by atoms with E-state index in [1.807, 2.05) is 0 Å². The molecule has 0 saturated carbocycles. The number of amides is 1. The second-order valence-electron chi connectivity index (χ2n) is 12.1. The Morgan fingerprint density at radius 1 is 0.904 bits per heavy atom. The summed E-state index contributed by atoms with van der Waals surface area (Å²) in [6.07, 6.45) is -10.8. The lowest BCUT2D eigenvalue weighted by atomic mass is 10.0. The Bertz CT molecular complexity index is 1960. The molecule has 0 saturated heterocycles. The molecule has 9 nitrogen and oxygen atoms in total.